The van der Waals surface area contributed by atoms with E-state index in [4.69, 9.17) is 9.47 Å². The SMILES string of the molecule is O=C(c1ccc2c(c1)OCO2)N1CCN(c2cc(Nc3ccccn3)ncn2)CC1. The zero-order valence-electron chi connectivity index (χ0n) is 16.2. The second kappa shape index (κ2) is 7.86. The van der Waals surface area contributed by atoms with Crippen LogP contribution < -0.4 is 19.7 Å². The minimum Gasteiger partial charge on any atom is -0.454 e. The number of anilines is 3. The third kappa shape index (κ3) is 3.69. The Bertz CT molecular complexity index is 1050. The summed E-state index contributed by atoms with van der Waals surface area (Å²) in [7, 11) is 0. The monoisotopic (exact) mass is 404 g/mol. The Morgan fingerprint density at radius 2 is 1.77 bits per heavy atom. The highest BCUT2D eigenvalue weighted by Crippen LogP contribution is 2.33. The second-order valence-electron chi connectivity index (χ2n) is 6.95. The molecule has 1 saturated heterocycles. The summed E-state index contributed by atoms with van der Waals surface area (Å²) in [6, 6.07) is 12.9. The maximum atomic E-state index is 12.9. The number of aromatic nitrogens is 3. The highest BCUT2D eigenvalue weighted by Gasteiger charge is 2.25. The lowest BCUT2D eigenvalue weighted by Crippen LogP contribution is -2.49. The van der Waals surface area contributed by atoms with Gasteiger partial charge in [-0.15, -0.1) is 0 Å². The van der Waals surface area contributed by atoms with Crippen LogP contribution in [0.15, 0.2) is 55.0 Å². The van der Waals surface area contributed by atoms with E-state index in [1.165, 1.54) is 6.33 Å². The zero-order valence-corrected chi connectivity index (χ0v) is 16.2. The van der Waals surface area contributed by atoms with Gasteiger partial charge in [-0.2, -0.15) is 0 Å². The number of hydrogen-bond donors (Lipinski definition) is 1. The summed E-state index contributed by atoms with van der Waals surface area (Å²) < 4.78 is 10.7. The molecular weight excluding hydrogens is 384 g/mol. The van der Waals surface area contributed by atoms with Gasteiger partial charge in [0, 0.05) is 44.0 Å². The average Bonchev–Trinajstić information content (AvgIpc) is 3.28. The predicted molar refractivity (Wildman–Crippen MR) is 110 cm³/mol. The van der Waals surface area contributed by atoms with Gasteiger partial charge in [0.1, 0.15) is 23.8 Å². The fraction of sp³-hybridized carbons (Fsp3) is 0.238. The summed E-state index contributed by atoms with van der Waals surface area (Å²) in [5, 5.41) is 3.18. The molecule has 0 unspecified atom stereocenters. The number of nitrogens with one attached hydrogen (secondary N) is 1. The zero-order chi connectivity index (χ0) is 20.3. The van der Waals surface area contributed by atoms with Gasteiger partial charge in [-0.05, 0) is 30.3 Å². The molecule has 1 amide bonds. The largest absolute Gasteiger partial charge is 0.454 e. The number of fused-ring (bicyclic) bond motifs is 1. The fourth-order valence-electron chi connectivity index (χ4n) is 3.51. The van der Waals surface area contributed by atoms with E-state index in [-0.39, 0.29) is 12.7 Å². The Hall–Kier alpha value is -3.88. The van der Waals surface area contributed by atoms with Gasteiger partial charge >= 0.3 is 0 Å². The number of rotatable bonds is 4. The molecular formula is C21H20N6O3. The third-order valence-corrected chi connectivity index (χ3v) is 5.08. The van der Waals surface area contributed by atoms with E-state index >= 15 is 0 Å². The first-order valence-corrected chi connectivity index (χ1v) is 9.70. The van der Waals surface area contributed by atoms with Gasteiger partial charge in [0.15, 0.2) is 11.5 Å². The molecule has 2 aliphatic rings. The third-order valence-electron chi connectivity index (χ3n) is 5.08. The van der Waals surface area contributed by atoms with Gasteiger partial charge in [-0.1, -0.05) is 6.07 Å². The molecule has 0 saturated carbocycles. The molecule has 152 valence electrons. The van der Waals surface area contributed by atoms with Gasteiger partial charge in [0.2, 0.25) is 6.79 Å². The molecule has 3 aromatic rings. The first kappa shape index (κ1) is 18.2. The molecule has 30 heavy (non-hydrogen) atoms. The molecule has 9 nitrogen and oxygen atoms in total. The number of amides is 1. The normalized spacial score (nSPS) is 15.2. The van der Waals surface area contributed by atoms with Crippen molar-refractivity contribution >= 4 is 23.4 Å². The second-order valence-corrected chi connectivity index (χ2v) is 6.95. The average molecular weight is 404 g/mol. The summed E-state index contributed by atoms with van der Waals surface area (Å²) in [5.74, 6) is 3.51. The number of pyridine rings is 1. The van der Waals surface area contributed by atoms with Gasteiger partial charge in [0.25, 0.3) is 5.91 Å². The molecule has 2 aliphatic heterocycles. The Labute approximate surface area is 173 Å². The van der Waals surface area contributed by atoms with Gasteiger partial charge in [0.05, 0.1) is 0 Å². The van der Waals surface area contributed by atoms with Crippen molar-refractivity contribution in [3.63, 3.8) is 0 Å². The van der Waals surface area contributed by atoms with Crippen LogP contribution in [0.1, 0.15) is 10.4 Å². The summed E-state index contributed by atoms with van der Waals surface area (Å²) >= 11 is 0. The van der Waals surface area contributed by atoms with Crippen molar-refractivity contribution in [3.8, 4) is 11.5 Å². The molecule has 9 heteroatoms. The maximum absolute atomic E-state index is 12.9. The fourth-order valence-corrected chi connectivity index (χ4v) is 3.51. The van der Waals surface area contributed by atoms with Crippen LogP contribution in [-0.2, 0) is 0 Å². The molecule has 4 heterocycles. The van der Waals surface area contributed by atoms with Crippen LogP contribution in [0.25, 0.3) is 0 Å². The number of carbonyl (C=O) groups is 1. The smallest absolute Gasteiger partial charge is 0.254 e. The van der Waals surface area contributed by atoms with E-state index in [2.05, 4.69) is 25.2 Å². The number of carbonyl (C=O) groups excluding carboxylic acids is 1. The Morgan fingerprint density at radius 3 is 2.60 bits per heavy atom. The van der Waals surface area contributed by atoms with Gasteiger partial charge in [-0.3, -0.25) is 4.79 Å². The number of ether oxygens (including phenoxy) is 2. The van der Waals surface area contributed by atoms with E-state index in [0.717, 1.165) is 11.6 Å². The van der Waals surface area contributed by atoms with E-state index in [1.54, 1.807) is 24.4 Å². The van der Waals surface area contributed by atoms with E-state index < -0.39 is 0 Å². The van der Waals surface area contributed by atoms with Crippen LogP contribution in [0.3, 0.4) is 0 Å². The first-order chi connectivity index (χ1) is 14.8. The predicted octanol–water partition coefficient (Wildman–Crippen LogP) is 2.31. The van der Waals surface area contributed by atoms with Gasteiger partial charge < -0.3 is 24.6 Å². The Kier molecular flexibility index (Phi) is 4.76. The van der Waals surface area contributed by atoms with Crippen LogP contribution in [0, 0.1) is 0 Å². The molecule has 0 aliphatic carbocycles. The minimum atomic E-state index is -0.00635. The van der Waals surface area contributed by atoms with E-state index in [0.29, 0.717) is 49.1 Å². The van der Waals surface area contributed by atoms with Crippen LogP contribution in [-0.4, -0.2) is 58.7 Å². The topological polar surface area (TPSA) is 92.7 Å². The molecule has 1 fully saturated rings. The van der Waals surface area contributed by atoms with Crippen molar-refractivity contribution in [1.29, 1.82) is 0 Å². The quantitative estimate of drug-likeness (QED) is 0.708. The Balaban J connectivity index is 1.23. The number of hydrogen-bond acceptors (Lipinski definition) is 8. The maximum Gasteiger partial charge on any atom is 0.254 e. The van der Waals surface area contributed by atoms with Crippen LogP contribution in [0.2, 0.25) is 0 Å². The number of benzene rings is 1. The van der Waals surface area contributed by atoms with Crippen molar-refractivity contribution in [2.24, 2.45) is 0 Å². The van der Waals surface area contributed by atoms with E-state index in [1.807, 2.05) is 29.2 Å². The van der Waals surface area contributed by atoms with Crippen molar-refractivity contribution in [2.45, 2.75) is 0 Å². The number of nitrogens with zero attached hydrogens (tertiary/aromatic N) is 5. The summed E-state index contributed by atoms with van der Waals surface area (Å²) in [6.07, 6.45) is 3.26. The van der Waals surface area contributed by atoms with Crippen LogP contribution in [0.4, 0.5) is 17.5 Å². The minimum absolute atomic E-state index is 0.00635. The molecule has 0 spiro atoms. The molecule has 0 bridgehead atoms. The standard InChI is InChI=1S/C21H20N6O3/c28-21(15-4-5-16-17(11-15)30-14-29-16)27-9-7-26(8-10-27)20-12-19(23-13-24-20)25-18-3-1-2-6-22-18/h1-6,11-13H,7-10,14H2,(H,22,23,24,25). The molecule has 0 atom stereocenters. The summed E-state index contributed by atoms with van der Waals surface area (Å²) in [5.41, 5.74) is 0.608. The Morgan fingerprint density at radius 1 is 0.900 bits per heavy atom. The van der Waals surface area contributed by atoms with Crippen LogP contribution >= 0.6 is 0 Å². The molecule has 1 N–H and O–H groups in total. The molecule has 5 rings (SSSR count). The van der Waals surface area contributed by atoms with Gasteiger partial charge in [-0.25, -0.2) is 15.0 Å². The summed E-state index contributed by atoms with van der Waals surface area (Å²) in [6.45, 7) is 2.80. The molecule has 0 radical (unpaired) electrons. The number of piperazine rings is 1. The van der Waals surface area contributed by atoms with Crippen molar-refractivity contribution in [2.75, 3.05) is 43.2 Å². The van der Waals surface area contributed by atoms with Crippen molar-refractivity contribution in [3.05, 3.63) is 60.6 Å². The first-order valence-electron chi connectivity index (χ1n) is 9.70. The lowest BCUT2D eigenvalue weighted by molar-refractivity contribution is 0.0746. The van der Waals surface area contributed by atoms with Crippen molar-refractivity contribution in [1.82, 2.24) is 19.9 Å². The van der Waals surface area contributed by atoms with Crippen molar-refractivity contribution < 1.29 is 14.3 Å². The highest BCUT2D eigenvalue weighted by molar-refractivity contribution is 5.95. The van der Waals surface area contributed by atoms with E-state index in [9.17, 15) is 4.79 Å². The molecule has 2 aromatic heterocycles. The highest BCUT2D eigenvalue weighted by atomic mass is 16.7. The van der Waals surface area contributed by atoms with Crippen LogP contribution in [0.5, 0.6) is 11.5 Å². The lowest BCUT2D eigenvalue weighted by Gasteiger charge is -2.35. The molecule has 1 aromatic carbocycles. The summed E-state index contributed by atoms with van der Waals surface area (Å²) in [4.78, 5) is 29.8. The lowest BCUT2D eigenvalue weighted by atomic mass is 10.1.